The second-order valence-electron chi connectivity index (χ2n) is 9.60. The highest BCUT2D eigenvalue weighted by Gasteiger charge is 2.44. The summed E-state index contributed by atoms with van der Waals surface area (Å²) < 4.78 is 5.35. The molecule has 2 N–H and O–H groups in total. The molecule has 0 aromatic heterocycles. The summed E-state index contributed by atoms with van der Waals surface area (Å²) in [5.74, 6) is 6.90. The summed E-state index contributed by atoms with van der Waals surface area (Å²) in [5.41, 5.74) is 2.45. The van der Waals surface area contributed by atoms with E-state index >= 15 is 0 Å². The van der Waals surface area contributed by atoms with Crippen molar-refractivity contribution in [1.82, 2.24) is 0 Å². The SMILES string of the molecule is CC#CCC(C)C(O)/C=C/[C@@H]1[C@H]2C/C(=C/CCCC(=O)OCc3ccccc3)C[C@H]2C[C@H]1O. The fourth-order valence-electron chi connectivity index (χ4n) is 5.12. The Kier molecular flexibility index (Phi) is 9.78. The normalized spacial score (nSPS) is 27.2. The Bertz CT molecular complexity index is 876. The summed E-state index contributed by atoms with van der Waals surface area (Å²) in [5, 5.41) is 20.9. The first-order valence-corrected chi connectivity index (χ1v) is 12.3. The maximum atomic E-state index is 12.0. The lowest BCUT2D eigenvalue weighted by atomic mass is 9.89. The highest BCUT2D eigenvalue weighted by atomic mass is 16.5. The number of aliphatic hydroxyl groups is 2. The van der Waals surface area contributed by atoms with Crippen LogP contribution in [0.1, 0.15) is 64.4 Å². The van der Waals surface area contributed by atoms with Gasteiger partial charge in [-0.05, 0) is 62.3 Å². The quantitative estimate of drug-likeness (QED) is 0.223. The van der Waals surface area contributed by atoms with Gasteiger partial charge in [-0.15, -0.1) is 11.8 Å². The van der Waals surface area contributed by atoms with Crippen LogP contribution < -0.4 is 0 Å². The minimum absolute atomic E-state index is 0.0847. The molecule has 33 heavy (non-hydrogen) atoms. The van der Waals surface area contributed by atoms with E-state index in [4.69, 9.17) is 4.74 Å². The van der Waals surface area contributed by atoms with E-state index in [2.05, 4.69) is 17.9 Å². The highest BCUT2D eigenvalue weighted by Crippen LogP contribution is 2.50. The highest BCUT2D eigenvalue weighted by molar-refractivity contribution is 5.69. The standard InChI is InChI=1S/C29H38O4/c1-3-4-10-21(2)27(30)16-15-25-26-18-23(17-24(26)19-28(25)31)13-8-9-14-29(32)33-20-22-11-6-5-7-12-22/h5-7,11-13,15-16,21,24-28,30-31H,8-10,14,17-20H2,1-2H3/b16-15+,23-13+/t21?,24-,25+,26-,27?,28+/m0/s1. The average Bonchev–Trinajstić information content (AvgIpc) is 3.34. The van der Waals surface area contributed by atoms with Gasteiger partial charge in [0.2, 0.25) is 0 Å². The van der Waals surface area contributed by atoms with Crippen molar-refractivity contribution in [3.8, 4) is 11.8 Å². The largest absolute Gasteiger partial charge is 0.461 e. The Labute approximate surface area is 198 Å². The topological polar surface area (TPSA) is 66.8 Å². The molecule has 0 saturated heterocycles. The zero-order valence-corrected chi connectivity index (χ0v) is 20.0. The molecular weight excluding hydrogens is 412 g/mol. The zero-order chi connectivity index (χ0) is 23.6. The van der Waals surface area contributed by atoms with Crippen LogP contribution in [0.2, 0.25) is 0 Å². The van der Waals surface area contributed by atoms with Crippen molar-refractivity contribution in [3.63, 3.8) is 0 Å². The van der Waals surface area contributed by atoms with Gasteiger partial charge in [-0.2, -0.15) is 0 Å². The Hall–Kier alpha value is -2.35. The van der Waals surface area contributed by atoms with E-state index in [0.29, 0.717) is 31.3 Å². The van der Waals surface area contributed by atoms with Gasteiger partial charge in [-0.1, -0.05) is 61.1 Å². The summed E-state index contributed by atoms with van der Waals surface area (Å²) in [7, 11) is 0. The minimum Gasteiger partial charge on any atom is -0.461 e. The smallest absolute Gasteiger partial charge is 0.306 e. The van der Waals surface area contributed by atoms with E-state index in [1.807, 2.05) is 56.3 Å². The first-order chi connectivity index (χ1) is 16.0. The molecular formula is C29H38O4. The van der Waals surface area contributed by atoms with Gasteiger partial charge in [0.25, 0.3) is 0 Å². The number of esters is 1. The molecule has 0 spiro atoms. The van der Waals surface area contributed by atoms with Crippen molar-refractivity contribution < 1.29 is 19.7 Å². The molecule has 1 aromatic carbocycles. The number of carbonyl (C=O) groups is 1. The number of rotatable bonds is 10. The molecule has 0 amide bonds. The first kappa shape index (κ1) is 25.3. The van der Waals surface area contributed by atoms with Gasteiger partial charge in [0.15, 0.2) is 0 Å². The van der Waals surface area contributed by atoms with E-state index in [-0.39, 0.29) is 23.9 Å². The molecule has 2 unspecified atom stereocenters. The van der Waals surface area contributed by atoms with Crippen LogP contribution in [0.5, 0.6) is 0 Å². The van der Waals surface area contributed by atoms with Gasteiger partial charge >= 0.3 is 5.97 Å². The summed E-state index contributed by atoms with van der Waals surface area (Å²) in [6.45, 7) is 4.15. The maximum absolute atomic E-state index is 12.0. The summed E-state index contributed by atoms with van der Waals surface area (Å²) in [6.07, 6.45) is 11.0. The number of aliphatic hydroxyl groups excluding tert-OH is 2. The minimum atomic E-state index is -0.532. The van der Waals surface area contributed by atoms with Crippen molar-refractivity contribution in [2.75, 3.05) is 0 Å². The molecule has 4 nitrogen and oxygen atoms in total. The monoisotopic (exact) mass is 450 g/mol. The average molecular weight is 451 g/mol. The summed E-state index contributed by atoms with van der Waals surface area (Å²) >= 11 is 0. The molecule has 0 radical (unpaired) electrons. The molecule has 2 fully saturated rings. The number of ether oxygens (including phenoxy) is 1. The van der Waals surface area contributed by atoms with E-state index < -0.39 is 6.10 Å². The lowest BCUT2D eigenvalue weighted by Gasteiger charge is -2.19. The number of benzene rings is 1. The third-order valence-corrected chi connectivity index (χ3v) is 7.09. The Morgan fingerprint density at radius 2 is 2.06 bits per heavy atom. The number of carbonyl (C=O) groups excluding carboxylic acids is 1. The van der Waals surface area contributed by atoms with Gasteiger partial charge in [0.05, 0.1) is 12.2 Å². The van der Waals surface area contributed by atoms with Gasteiger partial charge in [0.1, 0.15) is 6.61 Å². The van der Waals surface area contributed by atoms with E-state index in [1.54, 1.807) is 0 Å². The fourth-order valence-corrected chi connectivity index (χ4v) is 5.12. The molecule has 6 atom stereocenters. The van der Waals surface area contributed by atoms with Crippen molar-refractivity contribution >= 4 is 5.97 Å². The number of unbranched alkanes of at least 4 members (excludes halogenated alkanes) is 1. The van der Waals surface area contributed by atoms with Gasteiger partial charge in [-0.25, -0.2) is 0 Å². The van der Waals surface area contributed by atoms with Gasteiger partial charge in [0, 0.05) is 18.8 Å². The fraction of sp³-hybridized carbons (Fsp3) is 0.552. The van der Waals surface area contributed by atoms with Crippen molar-refractivity contribution in [3.05, 3.63) is 59.7 Å². The third-order valence-electron chi connectivity index (χ3n) is 7.09. The molecule has 0 bridgehead atoms. The molecule has 178 valence electrons. The predicted octanol–water partition coefficient (Wildman–Crippen LogP) is 5.20. The number of allylic oxidation sites excluding steroid dienone is 2. The Balaban J connectivity index is 1.41. The molecule has 0 aliphatic heterocycles. The lowest BCUT2D eigenvalue weighted by molar-refractivity contribution is -0.145. The number of fused-ring (bicyclic) bond motifs is 1. The molecule has 4 heteroatoms. The lowest BCUT2D eigenvalue weighted by Crippen LogP contribution is -2.19. The molecule has 2 aliphatic carbocycles. The number of hydrogen-bond acceptors (Lipinski definition) is 4. The van der Waals surface area contributed by atoms with Gasteiger partial charge in [-0.3, -0.25) is 4.79 Å². The third kappa shape index (κ3) is 7.59. The van der Waals surface area contributed by atoms with Crippen LogP contribution in [-0.2, 0) is 16.1 Å². The maximum Gasteiger partial charge on any atom is 0.306 e. The molecule has 0 heterocycles. The van der Waals surface area contributed by atoms with Crippen LogP contribution in [0, 0.1) is 35.5 Å². The van der Waals surface area contributed by atoms with Crippen molar-refractivity contribution in [1.29, 1.82) is 0 Å². The Morgan fingerprint density at radius 1 is 1.27 bits per heavy atom. The van der Waals surface area contributed by atoms with Crippen LogP contribution in [0.3, 0.4) is 0 Å². The summed E-state index contributed by atoms with van der Waals surface area (Å²) in [6, 6.07) is 9.74. The van der Waals surface area contributed by atoms with Gasteiger partial charge < -0.3 is 14.9 Å². The molecule has 2 saturated carbocycles. The predicted molar refractivity (Wildman–Crippen MR) is 131 cm³/mol. The second kappa shape index (κ2) is 12.8. The first-order valence-electron chi connectivity index (χ1n) is 12.3. The van der Waals surface area contributed by atoms with Crippen molar-refractivity contribution in [2.24, 2.45) is 23.7 Å². The van der Waals surface area contributed by atoms with Crippen LogP contribution in [0.25, 0.3) is 0 Å². The molecule has 3 rings (SSSR count). The molecule has 2 aliphatic rings. The van der Waals surface area contributed by atoms with Crippen molar-refractivity contribution in [2.45, 2.75) is 77.6 Å². The second-order valence-corrected chi connectivity index (χ2v) is 9.60. The zero-order valence-electron chi connectivity index (χ0n) is 20.0. The van der Waals surface area contributed by atoms with E-state index in [1.165, 1.54) is 5.57 Å². The van der Waals surface area contributed by atoms with Crippen LogP contribution >= 0.6 is 0 Å². The van der Waals surface area contributed by atoms with Crippen LogP contribution in [0.4, 0.5) is 0 Å². The molecule has 1 aromatic rings. The number of hydrogen-bond donors (Lipinski definition) is 2. The van der Waals surface area contributed by atoms with E-state index in [0.717, 1.165) is 37.7 Å². The summed E-state index contributed by atoms with van der Waals surface area (Å²) in [4.78, 5) is 12.0. The van der Waals surface area contributed by atoms with Crippen LogP contribution in [-0.4, -0.2) is 28.4 Å². The van der Waals surface area contributed by atoms with E-state index in [9.17, 15) is 15.0 Å². The van der Waals surface area contributed by atoms with Crippen LogP contribution in [0.15, 0.2) is 54.1 Å². The Morgan fingerprint density at radius 3 is 2.82 bits per heavy atom.